The second kappa shape index (κ2) is 13.2. The molecule has 0 unspecified atom stereocenters. The number of aliphatic hydroxyl groups is 1. The van der Waals surface area contributed by atoms with E-state index < -0.39 is 8.32 Å². The van der Waals surface area contributed by atoms with Crippen LogP contribution in [-0.2, 0) is 27.3 Å². The Morgan fingerprint density at radius 1 is 1.08 bits per heavy atom. The van der Waals surface area contributed by atoms with E-state index >= 15 is 0 Å². The normalized spacial score (nSPS) is 23.7. The average Bonchev–Trinajstić information content (AvgIpc) is 3.23. The monoisotopic (exact) mass is 552 g/mol. The van der Waals surface area contributed by atoms with Gasteiger partial charge >= 0.3 is 0 Å². The van der Waals surface area contributed by atoms with E-state index in [1.54, 1.807) is 4.90 Å². The SMILES string of the molecule is C[C@H]1[C@H]([Si](C)(C)O)[C@@H](CC(=O)N(CCO)Cc2ccccc2)O[C@H]1CCc1cccc(N2CCCCC2=O)c1. The summed E-state index contributed by atoms with van der Waals surface area (Å²) in [6.45, 7) is 7.39. The van der Waals surface area contributed by atoms with Crippen LogP contribution >= 0.6 is 0 Å². The predicted octanol–water partition coefficient (Wildman–Crippen LogP) is 4.52. The van der Waals surface area contributed by atoms with Gasteiger partial charge in [-0.1, -0.05) is 49.4 Å². The highest BCUT2D eigenvalue weighted by molar-refractivity contribution is 6.71. The minimum Gasteiger partial charge on any atom is -0.432 e. The molecule has 39 heavy (non-hydrogen) atoms. The highest BCUT2D eigenvalue weighted by Crippen LogP contribution is 2.45. The van der Waals surface area contributed by atoms with E-state index in [1.807, 2.05) is 60.5 Å². The molecule has 0 aromatic heterocycles. The summed E-state index contributed by atoms with van der Waals surface area (Å²) in [5, 5.41) is 9.61. The number of hydrogen-bond donors (Lipinski definition) is 2. The fourth-order valence-corrected chi connectivity index (χ4v) is 9.00. The Kier molecular flexibility index (Phi) is 9.99. The maximum atomic E-state index is 13.4. The number of carbonyl (C=O) groups is 2. The zero-order chi connectivity index (χ0) is 28.0. The molecule has 2 amide bonds. The van der Waals surface area contributed by atoms with Crippen molar-refractivity contribution in [1.29, 1.82) is 0 Å². The van der Waals surface area contributed by atoms with Crippen molar-refractivity contribution in [3.63, 3.8) is 0 Å². The van der Waals surface area contributed by atoms with E-state index in [1.165, 1.54) is 0 Å². The molecule has 8 heteroatoms. The number of rotatable bonds is 11. The molecule has 0 bridgehead atoms. The van der Waals surface area contributed by atoms with Crippen LogP contribution in [0.4, 0.5) is 5.69 Å². The minimum atomic E-state index is -2.62. The smallest absolute Gasteiger partial charge is 0.226 e. The van der Waals surface area contributed by atoms with Gasteiger partial charge in [0.25, 0.3) is 0 Å². The van der Waals surface area contributed by atoms with Crippen molar-refractivity contribution in [2.24, 2.45) is 5.92 Å². The van der Waals surface area contributed by atoms with Crippen LogP contribution in [0.1, 0.15) is 50.2 Å². The molecule has 4 atom stereocenters. The Morgan fingerprint density at radius 3 is 2.51 bits per heavy atom. The van der Waals surface area contributed by atoms with Crippen molar-refractivity contribution in [1.82, 2.24) is 4.90 Å². The van der Waals surface area contributed by atoms with Crippen LogP contribution in [0.2, 0.25) is 18.6 Å². The number of aryl methyl sites for hydroxylation is 1. The van der Waals surface area contributed by atoms with Crippen molar-refractivity contribution in [3.05, 3.63) is 65.7 Å². The van der Waals surface area contributed by atoms with E-state index in [-0.39, 0.29) is 55.1 Å². The molecule has 2 aliphatic heterocycles. The second-order valence-electron chi connectivity index (χ2n) is 11.7. The molecule has 0 aliphatic carbocycles. The molecule has 0 spiro atoms. The molecule has 2 fully saturated rings. The fraction of sp³-hybridized carbons (Fsp3) is 0.548. The van der Waals surface area contributed by atoms with Crippen molar-refractivity contribution < 1.29 is 24.2 Å². The predicted molar refractivity (Wildman–Crippen MR) is 156 cm³/mol. The molecule has 2 N–H and O–H groups in total. The van der Waals surface area contributed by atoms with Crippen molar-refractivity contribution >= 4 is 25.8 Å². The second-order valence-corrected chi connectivity index (χ2v) is 15.7. The lowest BCUT2D eigenvalue weighted by Crippen LogP contribution is -2.42. The van der Waals surface area contributed by atoms with Gasteiger partial charge in [-0.2, -0.15) is 0 Å². The lowest BCUT2D eigenvalue weighted by Gasteiger charge is -2.31. The number of aliphatic hydroxyl groups excluding tert-OH is 1. The number of amides is 2. The average molecular weight is 553 g/mol. The summed E-state index contributed by atoms with van der Waals surface area (Å²) in [4.78, 5) is 40.6. The summed E-state index contributed by atoms with van der Waals surface area (Å²) in [6, 6.07) is 18.0. The number of hydrogen-bond acceptors (Lipinski definition) is 5. The largest absolute Gasteiger partial charge is 0.432 e. The van der Waals surface area contributed by atoms with Crippen LogP contribution in [0.3, 0.4) is 0 Å². The number of carbonyl (C=O) groups excluding carboxylic acids is 2. The molecule has 2 heterocycles. The maximum absolute atomic E-state index is 13.4. The number of nitrogens with zero attached hydrogens (tertiary/aromatic N) is 2. The third kappa shape index (κ3) is 7.57. The topological polar surface area (TPSA) is 90.3 Å². The molecule has 7 nitrogen and oxygen atoms in total. The number of piperidine rings is 1. The summed E-state index contributed by atoms with van der Waals surface area (Å²) in [7, 11) is -2.62. The Balaban J connectivity index is 1.42. The van der Waals surface area contributed by atoms with Crippen LogP contribution in [-0.4, -0.2) is 66.8 Å². The van der Waals surface area contributed by atoms with Gasteiger partial charge in [0.05, 0.1) is 25.2 Å². The quantitative estimate of drug-likeness (QED) is 0.400. The summed E-state index contributed by atoms with van der Waals surface area (Å²) < 4.78 is 6.55. The van der Waals surface area contributed by atoms with Crippen molar-refractivity contribution in [2.75, 3.05) is 24.6 Å². The van der Waals surface area contributed by atoms with E-state index in [0.29, 0.717) is 13.0 Å². The Morgan fingerprint density at radius 2 is 1.82 bits per heavy atom. The van der Waals surface area contributed by atoms with E-state index in [0.717, 1.165) is 49.0 Å². The van der Waals surface area contributed by atoms with Crippen molar-refractivity contribution in [3.8, 4) is 0 Å². The van der Waals surface area contributed by atoms with Gasteiger partial charge in [-0.3, -0.25) is 9.59 Å². The van der Waals surface area contributed by atoms with Gasteiger partial charge in [0, 0.05) is 37.3 Å². The molecular weight excluding hydrogens is 508 g/mol. The lowest BCUT2D eigenvalue weighted by molar-refractivity contribution is -0.135. The summed E-state index contributed by atoms with van der Waals surface area (Å²) in [5.74, 6) is 0.258. The molecule has 2 aromatic carbocycles. The summed E-state index contributed by atoms with van der Waals surface area (Å²) >= 11 is 0. The molecule has 212 valence electrons. The fourth-order valence-electron chi connectivity index (χ4n) is 6.39. The Hall–Kier alpha value is -2.52. The van der Waals surface area contributed by atoms with Gasteiger partial charge < -0.3 is 24.4 Å². The Labute approximate surface area is 233 Å². The molecule has 2 aliphatic rings. The third-order valence-corrected chi connectivity index (χ3v) is 10.8. The highest BCUT2D eigenvalue weighted by atomic mass is 28.4. The molecule has 2 saturated heterocycles. The summed E-state index contributed by atoms with van der Waals surface area (Å²) in [6.07, 6.45) is 3.98. The first-order valence-electron chi connectivity index (χ1n) is 14.4. The first-order chi connectivity index (χ1) is 18.7. The first kappa shape index (κ1) is 29.5. The zero-order valence-corrected chi connectivity index (χ0v) is 24.6. The van der Waals surface area contributed by atoms with Gasteiger partial charge in [-0.25, -0.2) is 0 Å². The standard InChI is InChI=1S/C31H44N2O5Si/c1-23-27(16-15-24-12-9-13-26(20-24)33-17-8-7-14-29(33)35)38-28(31(23)39(2,3)37)21-30(36)32(18-19-34)22-25-10-5-4-6-11-25/h4-6,9-13,20,23,27-28,31,34,37H,7-8,14-19,21-22H2,1-3H3/t23-,27+,28-,31+/m1/s1. The van der Waals surface area contributed by atoms with Crippen LogP contribution in [0.5, 0.6) is 0 Å². The molecule has 0 saturated carbocycles. The molecule has 0 radical (unpaired) electrons. The van der Waals surface area contributed by atoms with E-state index in [2.05, 4.69) is 19.1 Å². The van der Waals surface area contributed by atoms with Crippen molar-refractivity contribution in [2.45, 2.75) is 82.8 Å². The van der Waals surface area contributed by atoms with Crippen LogP contribution < -0.4 is 4.90 Å². The number of anilines is 1. The van der Waals surface area contributed by atoms with Gasteiger partial charge in [0.2, 0.25) is 11.8 Å². The number of ether oxygens (including phenoxy) is 1. The highest BCUT2D eigenvalue weighted by Gasteiger charge is 2.50. The molecular formula is C31H44N2O5Si. The van der Waals surface area contributed by atoms with Crippen LogP contribution in [0.15, 0.2) is 54.6 Å². The van der Waals surface area contributed by atoms with Gasteiger partial charge in [-0.05, 0) is 68.0 Å². The first-order valence-corrected chi connectivity index (χ1v) is 17.4. The molecule has 4 rings (SSSR count). The number of benzene rings is 2. The van der Waals surface area contributed by atoms with Gasteiger partial charge in [0.15, 0.2) is 8.32 Å². The van der Waals surface area contributed by atoms with Crippen LogP contribution in [0.25, 0.3) is 0 Å². The van der Waals surface area contributed by atoms with E-state index in [4.69, 9.17) is 4.74 Å². The molecule has 2 aromatic rings. The maximum Gasteiger partial charge on any atom is 0.226 e. The van der Waals surface area contributed by atoms with Crippen LogP contribution in [0, 0.1) is 5.92 Å². The third-order valence-electron chi connectivity index (χ3n) is 8.30. The van der Waals surface area contributed by atoms with Gasteiger partial charge in [-0.15, -0.1) is 0 Å². The van der Waals surface area contributed by atoms with Gasteiger partial charge in [0.1, 0.15) is 0 Å². The Bertz CT molecular complexity index is 1110. The lowest BCUT2D eigenvalue weighted by atomic mass is 9.94. The minimum absolute atomic E-state index is 0.0588. The zero-order valence-electron chi connectivity index (χ0n) is 23.6. The van der Waals surface area contributed by atoms with E-state index in [9.17, 15) is 19.5 Å². The summed E-state index contributed by atoms with van der Waals surface area (Å²) in [5.41, 5.74) is 3.08.